The number of fused-ring (bicyclic) bond motifs is 2. The smallest absolute Gasteiger partial charge is 0.309 e. The Labute approximate surface area is 274 Å². The van der Waals surface area contributed by atoms with Crippen LogP contribution in [0.3, 0.4) is 0 Å². The van der Waals surface area contributed by atoms with Crippen LogP contribution in [0.5, 0.6) is 11.6 Å². The van der Waals surface area contributed by atoms with Gasteiger partial charge in [0.25, 0.3) is 0 Å². The van der Waals surface area contributed by atoms with E-state index < -0.39 is 5.60 Å². The Morgan fingerprint density at radius 2 is 1.87 bits per heavy atom. The molecule has 46 heavy (non-hydrogen) atoms. The Hall–Kier alpha value is -3.89. The molecule has 4 heterocycles. The van der Waals surface area contributed by atoms with E-state index in [9.17, 15) is 15.0 Å². The summed E-state index contributed by atoms with van der Waals surface area (Å²) in [6, 6.07) is 17.0. The lowest BCUT2D eigenvalue weighted by atomic mass is 9.84. The Bertz CT molecular complexity index is 1690. The number of halogens is 1. The van der Waals surface area contributed by atoms with Crippen LogP contribution in [0.25, 0.3) is 17.5 Å². The van der Waals surface area contributed by atoms with Crippen molar-refractivity contribution in [1.82, 2.24) is 20.3 Å². The molecule has 0 unspecified atom stereocenters. The van der Waals surface area contributed by atoms with Crippen molar-refractivity contribution < 1.29 is 24.5 Å². The van der Waals surface area contributed by atoms with Crippen LogP contribution in [0.2, 0.25) is 5.02 Å². The third-order valence-corrected chi connectivity index (χ3v) is 9.42. The molecule has 0 amide bonds. The van der Waals surface area contributed by atoms with E-state index in [4.69, 9.17) is 21.1 Å². The maximum atomic E-state index is 12.2. The summed E-state index contributed by atoms with van der Waals surface area (Å²) >= 11 is 6.05. The van der Waals surface area contributed by atoms with Gasteiger partial charge in [0, 0.05) is 59.9 Å². The number of hydrogen-bond donors (Lipinski definition) is 3. The first-order chi connectivity index (χ1) is 22.3. The third kappa shape index (κ3) is 7.23. The summed E-state index contributed by atoms with van der Waals surface area (Å²) in [6.45, 7) is 5.86. The molecule has 2 aromatic carbocycles. The van der Waals surface area contributed by atoms with E-state index in [1.807, 2.05) is 66.5 Å². The average molecular weight is 645 g/mol. The number of carbonyl (C=O) groups excluding carboxylic acids is 1. The number of aliphatic hydroxyl groups excluding tert-OH is 1. The summed E-state index contributed by atoms with van der Waals surface area (Å²) in [6.07, 6.45) is 9.40. The van der Waals surface area contributed by atoms with Crippen LogP contribution in [0.4, 0.5) is 0 Å². The molecule has 2 fully saturated rings. The van der Waals surface area contributed by atoms with E-state index in [-0.39, 0.29) is 17.8 Å². The van der Waals surface area contributed by atoms with E-state index in [1.165, 1.54) is 0 Å². The quantitative estimate of drug-likeness (QED) is 0.306. The van der Waals surface area contributed by atoms with Crippen molar-refractivity contribution >= 4 is 35.1 Å². The number of rotatable bonds is 8. The molecule has 3 aliphatic rings. The number of benzene rings is 2. The van der Waals surface area contributed by atoms with Gasteiger partial charge in [-0.2, -0.15) is 0 Å². The first-order valence-corrected chi connectivity index (χ1v) is 16.5. The van der Waals surface area contributed by atoms with Crippen molar-refractivity contribution in [1.29, 1.82) is 0 Å². The highest BCUT2D eigenvalue weighted by Crippen LogP contribution is 2.34. The second kappa shape index (κ2) is 14.3. The Balaban J connectivity index is 1.19. The molecule has 0 saturated carbocycles. The zero-order chi connectivity index (χ0) is 32.1. The van der Waals surface area contributed by atoms with E-state index in [0.717, 1.165) is 48.0 Å². The van der Waals surface area contributed by atoms with Gasteiger partial charge in [-0.05, 0) is 92.6 Å². The number of ether oxygens (including phenoxy) is 2. The molecular formula is C36H41ClN4O5. The third-order valence-electron chi connectivity index (χ3n) is 9.16. The van der Waals surface area contributed by atoms with Crippen molar-refractivity contribution in [2.75, 3.05) is 39.3 Å². The molecule has 6 rings (SSSR count). The number of pyridine rings is 1. The summed E-state index contributed by atoms with van der Waals surface area (Å²) in [5.41, 5.74) is 5.08. The van der Waals surface area contributed by atoms with Gasteiger partial charge in [-0.25, -0.2) is 9.99 Å². The van der Waals surface area contributed by atoms with Crippen molar-refractivity contribution in [3.05, 3.63) is 93.5 Å². The molecule has 1 aromatic heterocycles. The average Bonchev–Trinajstić information content (AvgIpc) is 3.23. The van der Waals surface area contributed by atoms with Crippen LogP contribution in [0.15, 0.2) is 66.9 Å². The van der Waals surface area contributed by atoms with E-state index in [2.05, 4.69) is 27.5 Å². The predicted molar refractivity (Wildman–Crippen MR) is 178 cm³/mol. The number of nitrogens with zero attached hydrogens (tertiary/aromatic N) is 3. The topological polar surface area (TPSA) is 107 Å². The van der Waals surface area contributed by atoms with Gasteiger partial charge in [-0.1, -0.05) is 35.9 Å². The first kappa shape index (κ1) is 32.1. The van der Waals surface area contributed by atoms with Gasteiger partial charge in [0.15, 0.2) is 0 Å². The number of piperidine rings is 2. The molecule has 0 aliphatic carbocycles. The van der Waals surface area contributed by atoms with Crippen LogP contribution >= 0.6 is 11.6 Å². The molecule has 3 aliphatic heterocycles. The highest BCUT2D eigenvalue weighted by atomic mass is 35.5. The normalized spacial score (nSPS) is 20.0. The first-order valence-electron chi connectivity index (χ1n) is 16.1. The zero-order valence-electron chi connectivity index (χ0n) is 26.1. The van der Waals surface area contributed by atoms with Crippen LogP contribution < -0.4 is 20.6 Å². The van der Waals surface area contributed by atoms with Crippen molar-refractivity contribution in [2.45, 2.75) is 44.6 Å². The molecule has 3 aromatic rings. The number of likely N-dealkylation sites (tertiary alicyclic amines) is 1. The largest absolute Gasteiger partial charge is 0.493 e. The minimum absolute atomic E-state index is 0.0195. The van der Waals surface area contributed by atoms with E-state index >= 15 is 0 Å². The Morgan fingerprint density at radius 1 is 1.11 bits per heavy atom. The fourth-order valence-electron chi connectivity index (χ4n) is 6.48. The summed E-state index contributed by atoms with van der Waals surface area (Å²) in [4.78, 5) is 19.1. The molecule has 0 atom stereocenters. The lowest BCUT2D eigenvalue weighted by molar-refractivity contribution is -0.149. The fourth-order valence-corrected chi connectivity index (χ4v) is 6.61. The molecule has 0 bridgehead atoms. The SMILES string of the molecule is CCOC(=O)C1CCN(NC(O)=c2cccc3c2=CC(=CCCN2CCC(O)(c4ccc(Cl)cc4)CC2)c2cccnc2O3)CC1. The summed E-state index contributed by atoms with van der Waals surface area (Å²) in [7, 11) is 0. The van der Waals surface area contributed by atoms with Gasteiger partial charge in [-0.3, -0.25) is 10.2 Å². The molecule has 10 heteroatoms. The number of hydrazine groups is 1. The summed E-state index contributed by atoms with van der Waals surface area (Å²) < 4.78 is 11.5. The Kier molecular flexibility index (Phi) is 9.94. The lowest BCUT2D eigenvalue weighted by Gasteiger charge is -2.38. The molecule has 242 valence electrons. The van der Waals surface area contributed by atoms with E-state index in [0.29, 0.717) is 67.3 Å². The molecule has 2 saturated heterocycles. The van der Waals surface area contributed by atoms with Gasteiger partial charge in [0.05, 0.1) is 18.1 Å². The van der Waals surface area contributed by atoms with Crippen LogP contribution in [0, 0.1) is 5.92 Å². The minimum atomic E-state index is -0.833. The maximum Gasteiger partial charge on any atom is 0.309 e. The van der Waals surface area contributed by atoms with Gasteiger partial charge in [0.2, 0.25) is 11.8 Å². The summed E-state index contributed by atoms with van der Waals surface area (Å²) in [5.74, 6) is 0.870. The number of aliphatic hydroxyl groups is 2. The van der Waals surface area contributed by atoms with Crippen molar-refractivity contribution in [3.8, 4) is 11.6 Å². The molecular weight excluding hydrogens is 604 g/mol. The van der Waals surface area contributed by atoms with Gasteiger partial charge in [0.1, 0.15) is 5.75 Å². The van der Waals surface area contributed by atoms with Crippen LogP contribution in [-0.4, -0.2) is 70.4 Å². The van der Waals surface area contributed by atoms with Crippen molar-refractivity contribution in [2.24, 2.45) is 5.92 Å². The molecule has 0 spiro atoms. The second-order valence-electron chi connectivity index (χ2n) is 12.1. The van der Waals surface area contributed by atoms with Gasteiger partial charge < -0.3 is 24.6 Å². The van der Waals surface area contributed by atoms with Crippen molar-refractivity contribution in [3.63, 3.8) is 0 Å². The van der Waals surface area contributed by atoms with Gasteiger partial charge >= 0.3 is 5.97 Å². The fraction of sp³-hybridized carbons (Fsp3) is 0.389. The zero-order valence-corrected chi connectivity index (χ0v) is 26.9. The maximum absolute atomic E-state index is 12.2. The number of esters is 1. The number of nitrogens with one attached hydrogen (secondary N) is 1. The molecule has 9 nitrogen and oxygen atoms in total. The Morgan fingerprint density at radius 3 is 2.61 bits per heavy atom. The van der Waals surface area contributed by atoms with Crippen LogP contribution in [-0.2, 0) is 15.1 Å². The van der Waals surface area contributed by atoms with Crippen LogP contribution in [0.1, 0.15) is 50.2 Å². The minimum Gasteiger partial charge on any atom is -0.493 e. The standard InChI is InChI=1S/C36H41ClN4O5/c1-2-45-35(43)25-14-20-41(21-15-25)39-33(42)30-7-3-9-32-31(30)24-26(29-8-4-18-38-34(29)46-32)6-5-19-40-22-16-36(44,17-23-40)27-10-12-28(37)13-11-27/h3-4,6-13,18,24-25,39,42,44H,2,5,14-17,19-23H2,1H3. The lowest BCUT2D eigenvalue weighted by Crippen LogP contribution is -2.46. The number of aromatic nitrogens is 1. The molecule has 0 radical (unpaired) electrons. The predicted octanol–water partition coefficient (Wildman–Crippen LogP) is 4.48. The van der Waals surface area contributed by atoms with Gasteiger partial charge in [-0.15, -0.1) is 0 Å². The summed E-state index contributed by atoms with van der Waals surface area (Å²) in [5, 5.41) is 26.5. The highest BCUT2D eigenvalue weighted by Gasteiger charge is 2.33. The molecule has 3 N–H and O–H groups in total. The number of hydrogen-bond acceptors (Lipinski definition) is 9. The number of carbonyl (C=O) groups is 1. The van der Waals surface area contributed by atoms with E-state index in [1.54, 1.807) is 6.20 Å². The second-order valence-corrected chi connectivity index (χ2v) is 12.6. The number of allylic oxidation sites excluding steroid dienone is 1. The highest BCUT2D eigenvalue weighted by molar-refractivity contribution is 6.30. The monoisotopic (exact) mass is 644 g/mol.